The third-order valence-corrected chi connectivity index (χ3v) is 4.88. The highest BCUT2D eigenvalue weighted by Crippen LogP contribution is 2.22. The molecule has 0 bridgehead atoms. The Bertz CT molecular complexity index is 1060. The van der Waals surface area contributed by atoms with Gasteiger partial charge in [-0.15, -0.1) is 0 Å². The summed E-state index contributed by atoms with van der Waals surface area (Å²) >= 11 is 5.85. The molecular weight excluding hydrogens is 394 g/mol. The zero-order chi connectivity index (χ0) is 20.2. The van der Waals surface area contributed by atoms with Crippen LogP contribution in [-0.4, -0.2) is 25.2 Å². The molecule has 0 atom stereocenters. The lowest BCUT2D eigenvalue weighted by Gasteiger charge is -2.07. The number of aryl methyl sites for hydroxylation is 1. The number of carbonyl (C=O) groups excluding carboxylic acids is 1. The summed E-state index contributed by atoms with van der Waals surface area (Å²) in [6, 6.07) is 10.3. The molecule has 8 nitrogen and oxygen atoms in total. The Morgan fingerprint density at radius 3 is 2.72 bits per heavy atom. The monoisotopic (exact) mass is 413 g/mol. The molecule has 3 aromatic rings. The third kappa shape index (κ3) is 4.65. The van der Waals surface area contributed by atoms with Gasteiger partial charge in [0, 0.05) is 24.1 Å². The normalized spacial score (nSPS) is 13.4. The van der Waals surface area contributed by atoms with Crippen LogP contribution >= 0.6 is 11.6 Å². The van der Waals surface area contributed by atoms with E-state index in [0.717, 1.165) is 31.5 Å². The van der Waals surface area contributed by atoms with Crippen LogP contribution in [0.2, 0.25) is 5.02 Å². The van der Waals surface area contributed by atoms with Crippen molar-refractivity contribution in [1.82, 2.24) is 19.3 Å². The standard InChI is InChI=1S/C20H20ClN5O3/c21-14-5-8-16(9-6-14)29-19-10-7-15(12-22-19)23-18(27)13-26-20(28)25-11-3-1-2-4-17(25)24-26/h5-10,12H,1-4,11,13H2,(H,23,27). The summed E-state index contributed by atoms with van der Waals surface area (Å²) in [5.41, 5.74) is 0.272. The lowest BCUT2D eigenvalue weighted by atomic mass is 10.2. The van der Waals surface area contributed by atoms with Gasteiger partial charge < -0.3 is 10.1 Å². The largest absolute Gasteiger partial charge is 0.439 e. The lowest BCUT2D eigenvalue weighted by Crippen LogP contribution is -2.30. The van der Waals surface area contributed by atoms with Crippen LogP contribution in [0.1, 0.15) is 25.1 Å². The Morgan fingerprint density at radius 1 is 1.14 bits per heavy atom. The molecule has 1 aromatic carbocycles. The van der Waals surface area contributed by atoms with Crippen LogP contribution in [0.5, 0.6) is 11.6 Å². The van der Waals surface area contributed by atoms with E-state index < -0.39 is 0 Å². The maximum atomic E-state index is 12.4. The van der Waals surface area contributed by atoms with Crippen LogP contribution in [-0.2, 0) is 24.3 Å². The second-order valence-electron chi connectivity index (χ2n) is 6.81. The first-order valence-electron chi connectivity index (χ1n) is 9.44. The number of hydrogen-bond donors (Lipinski definition) is 1. The summed E-state index contributed by atoms with van der Waals surface area (Å²) in [5.74, 6) is 1.41. The maximum Gasteiger partial charge on any atom is 0.346 e. The molecule has 1 amide bonds. The molecule has 2 aromatic heterocycles. The van der Waals surface area contributed by atoms with Gasteiger partial charge in [0.05, 0.1) is 11.9 Å². The fourth-order valence-corrected chi connectivity index (χ4v) is 3.33. The number of rotatable bonds is 5. The highest BCUT2D eigenvalue weighted by Gasteiger charge is 2.17. The molecule has 150 valence electrons. The summed E-state index contributed by atoms with van der Waals surface area (Å²) in [7, 11) is 0. The van der Waals surface area contributed by atoms with Crippen LogP contribution < -0.4 is 15.7 Å². The van der Waals surface area contributed by atoms with E-state index in [4.69, 9.17) is 16.3 Å². The molecule has 9 heteroatoms. The van der Waals surface area contributed by atoms with Crippen molar-refractivity contribution < 1.29 is 9.53 Å². The van der Waals surface area contributed by atoms with E-state index in [-0.39, 0.29) is 18.1 Å². The van der Waals surface area contributed by atoms with Gasteiger partial charge in [0.25, 0.3) is 0 Å². The van der Waals surface area contributed by atoms with Crippen molar-refractivity contribution in [2.45, 2.75) is 38.8 Å². The SMILES string of the molecule is O=C(Cn1nc2n(c1=O)CCCCC2)Nc1ccc(Oc2ccc(Cl)cc2)nc1. The number of fused-ring (bicyclic) bond motifs is 1. The summed E-state index contributed by atoms with van der Waals surface area (Å²) in [5, 5.41) is 7.67. The predicted molar refractivity (Wildman–Crippen MR) is 108 cm³/mol. The van der Waals surface area contributed by atoms with E-state index in [1.165, 1.54) is 10.9 Å². The fourth-order valence-electron chi connectivity index (χ4n) is 3.20. The molecular formula is C20H20ClN5O3. The predicted octanol–water partition coefficient (Wildman–Crippen LogP) is 3.25. The average molecular weight is 414 g/mol. The number of halogens is 1. The van der Waals surface area contributed by atoms with E-state index in [0.29, 0.717) is 28.9 Å². The van der Waals surface area contributed by atoms with Gasteiger partial charge in [-0.05, 0) is 43.2 Å². The van der Waals surface area contributed by atoms with Gasteiger partial charge in [0.1, 0.15) is 18.1 Å². The third-order valence-electron chi connectivity index (χ3n) is 4.63. The van der Waals surface area contributed by atoms with E-state index in [1.807, 2.05) is 0 Å². The molecule has 3 heterocycles. The van der Waals surface area contributed by atoms with Gasteiger partial charge in [-0.3, -0.25) is 9.36 Å². The topological polar surface area (TPSA) is 91.0 Å². The zero-order valence-electron chi connectivity index (χ0n) is 15.7. The lowest BCUT2D eigenvalue weighted by molar-refractivity contribution is -0.117. The molecule has 0 saturated heterocycles. The van der Waals surface area contributed by atoms with Crippen molar-refractivity contribution in [3.05, 3.63) is 63.9 Å². The fraction of sp³-hybridized carbons (Fsp3) is 0.300. The maximum absolute atomic E-state index is 12.4. The smallest absolute Gasteiger partial charge is 0.346 e. The Labute approximate surface area is 172 Å². The van der Waals surface area contributed by atoms with Crippen molar-refractivity contribution in [2.24, 2.45) is 0 Å². The van der Waals surface area contributed by atoms with Gasteiger partial charge in [-0.25, -0.2) is 14.5 Å². The molecule has 0 unspecified atom stereocenters. The number of benzene rings is 1. The minimum absolute atomic E-state index is 0.137. The minimum Gasteiger partial charge on any atom is -0.439 e. The number of hydrogen-bond acceptors (Lipinski definition) is 5. The van der Waals surface area contributed by atoms with Crippen LogP contribution in [0.15, 0.2) is 47.4 Å². The summed E-state index contributed by atoms with van der Waals surface area (Å²) in [6.07, 6.45) is 5.32. The van der Waals surface area contributed by atoms with Crippen LogP contribution in [0.25, 0.3) is 0 Å². The summed E-state index contributed by atoms with van der Waals surface area (Å²) in [6.45, 7) is 0.524. The highest BCUT2D eigenvalue weighted by molar-refractivity contribution is 6.30. The Kier molecular flexibility index (Phi) is 5.62. The van der Waals surface area contributed by atoms with Crippen molar-refractivity contribution >= 4 is 23.2 Å². The Morgan fingerprint density at radius 2 is 1.97 bits per heavy atom. The molecule has 1 aliphatic heterocycles. The average Bonchev–Trinajstić information content (AvgIpc) is 2.87. The molecule has 0 radical (unpaired) electrons. The van der Waals surface area contributed by atoms with Crippen molar-refractivity contribution in [3.8, 4) is 11.6 Å². The number of nitrogens with zero attached hydrogens (tertiary/aromatic N) is 4. The molecule has 0 saturated carbocycles. The van der Waals surface area contributed by atoms with E-state index in [9.17, 15) is 9.59 Å². The number of nitrogens with one attached hydrogen (secondary N) is 1. The first-order valence-corrected chi connectivity index (χ1v) is 9.82. The molecule has 0 aliphatic carbocycles. The Hall–Kier alpha value is -3.13. The molecule has 4 rings (SSSR count). The van der Waals surface area contributed by atoms with Crippen molar-refractivity contribution in [3.63, 3.8) is 0 Å². The first-order chi connectivity index (χ1) is 14.1. The van der Waals surface area contributed by atoms with Crippen LogP contribution in [0.4, 0.5) is 5.69 Å². The zero-order valence-corrected chi connectivity index (χ0v) is 16.4. The van der Waals surface area contributed by atoms with Gasteiger partial charge in [0.2, 0.25) is 11.8 Å². The molecule has 0 spiro atoms. The molecule has 0 fully saturated rings. The molecule has 29 heavy (non-hydrogen) atoms. The molecule has 1 aliphatic rings. The minimum atomic E-state index is -0.339. The summed E-state index contributed by atoms with van der Waals surface area (Å²) in [4.78, 5) is 29.0. The van der Waals surface area contributed by atoms with Gasteiger partial charge in [-0.1, -0.05) is 18.0 Å². The van der Waals surface area contributed by atoms with Crippen molar-refractivity contribution in [2.75, 3.05) is 5.32 Å². The Balaban J connectivity index is 1.37. The molecule has 1 N–H and O–H groups in total. The quantitative estimate of drug-likeness (QED) is 0.693. The number of aromatic nitrogens is 4. The van der Waals surface area contributed by atoms with Gasteiger partial charge >= 0.3 is 5.69 Å². The first kappa shape index (κ1) is 19.2. The van der Waals surface area contributed by atoms with Gasteiger partial charge in [-0.2, -0.15) is 5.10 Å². The van der Waals surface area contributed by atoms with Crippen molar-refractivity contribution in [1.29, 1.82) is 0 Å². The number of anilines is 1. The van der Waals surface area contributed by atoms with E-state index >= 15 is 0 Å². The number of amides is 1. The van der Waals surface area contributed by atoms with Gasteiger partial charge in [0.15, 0.2) is 0 Å². The highest BCUT2D eigenvalue weighted by atomic mass is 35.5. The van der Waals surface area contributed by atoms with E-state index in [2.05, 4.69) is 15.4 Å². The van der Waals surface area contributed by atoms with Crippen LogP contribution in [0.3, 0.4) is 0 Å². The van der Waals surface area contributed by atoms with Crippen LogP contribution in [0, 0.1) is 0 Å². The second-order valence-corrected chi connectivity index (χ2v) is 7.24. The summed E-state index contributed by atoms with van der Waals surface area (Å²) < 4.78 is 8.52. The van der Waals surface area contributed by atoms with E-state index in [1.54, 1.807) is 41.0 Å². The number of carbonyl (C=O) groups is 1. The second kappa shape index (κ2) is 8.48. The number of ether oxygens (including phenoxy) is 1. The number of pyridine rings is 1.